The van der Waals surface area contributed by atoms with Crippen LogP contribution in [0.15, 0.2) is 48.5 Å². The zero-order valence-corrected chi connectivity index (χ0v) is 28.1. The monoisotopic (exact) mass is 643 g/mol. The molecule has 11 heteroatoms. The van der Waals surface area contributed by atoms with Gasteiger partial charge >= 0.3 is 5.97 Å². The number of para-hydroxylation sites is 1. The Balaban J connectivity index is 0.000000317. The van der Waals surface area contributed by atoms with Crippen molar-refractivity contribution >= 4 is 74.5 Å². The lowest BCUT2D eigenvalue weighted by atomic mass is 10.0. The van der Waals surface area contributed by atoms with E-state index in [0.717, 1.165) is 68.3 Å². The topological polar surface area (TPSA) is 107 Å². The number of hydrogen-bond donors (Lipinski definition) is 2. The van der Waals surface area contributed by atoms with Crippen LogP contribution in [-0.2, 0) is 9.59 Å². The second kappa shape index (κ2) is 16.4. The maximum Gasteiger partial charge on any atom is 0.314 e. The molecule has 0 radical (unpaired) electrons. The first-order valence-corrected chi connectivity index (χ1v) is 15.7. The first-order chi connectivity index (χ1) is 20.1. The number of anilines is 3. The van der Waals surface area contributed by atoms with Crippen molar-refractivity contribution in [3.63, 3.8) is 0 Å². The van der Waals surface area contributed by atoms with Gasteiger partial charge in [-0.1, -0.05) is 82.6 Å². The number of carbonyl (C=O) groups excluding carboxylic acids is 3. The van der Waals surface area contributed by atoms with Crippen LogP contribution in [-0.4, -0.2) is 53.1 Å². The molecule has 0 atom stereocenters. The second-order valence-corrected chi connectivity index (χ2v) is 12.4. The standard InChI is InChI=1S/C19H21ClN2O2S.C13H17NO3S/c1-12-9-13(2)18(14(3)10-12)22(4)19(24)25-11-17(23)21-16-8-6-5-7-15(16)20;1-8-5-9(2)12(10(3)6-8)14(4)13(17)18-7-11(15)16/h5-10H,11H2,1-4H3,(H,21,23);5-6H,7H2,1-4H3,(H,15,16). The Morgan fingerprint density at radius 2 is 1.12 bits per heavy atom. The Labute approximate surface area is 267 Å². The zero-order chi connectivity index (χ0) is 32.4. The predicted octanol–water partition coefficient (Wildman–Crippen LogP) is 8.18. The van der Waals surface area contributed by atoms with Gasteiger partial charge in [-0.25, -0.2) is 0 Å². The Kier molecular flexibility index (Phi) is 13.6. The summed E-state index contributed by atoms with van der Waals surface area (Å²) in [5, 5.41) is 11.3. The maximum absolute atomic E-state index is 12.4. The van der Waals surface area contributed by atoms with Gasteiger partial charge in [0, 0.05) is 25.5 Å². The molecular weight excluding hydrogens is 606 g/mol. The summed E-state index contributed by atoms with van der Waals surface area (Å²) in [6, 6.07) is 15.1. The maximum atomic E-state index is 12.4. The minimum atomic E-state index is -0.987. The van der Waals surface area contributed by atoms with Crippen LogP contribution in [0.3, 0.4) is 0 Å². The number of nitrogens with one attached hydrogen (secondary N) is 1. The molecule has 43 heavy (non-hydrogen) atoms. The number of rotatable bonds is 7. The summed E-state index contributed by atoms with van der Waals surface area (Å²) >= 11 is 7.77. The van der Waals surface area contributed by atoms with E-state index in [2.05, 4.69) is 5.32 Å². The number of benzene rings is 3. The lowest BCUT2D eigenvalue weighted by Crippen LogP contribution is -2.26. The highest BCUT2D eigenvalue weighted by Gasteiger charge is 2.19. The van der Waals surface area contributed by atoms with Crippen molar-refractivity contribution in [1.82, 2.24) is 0 Å². The van der Waals surface area contributed by atoms with Crippen molar-refractivity contribution in [2.45, 2.75) is 41.5 Å². The fourth-order valence-electron chi connectivity index (χ4n) is 4.78. The molecule has 2 N–H and O–H groups in total. The van der Waals surface area contributed by atoms with Crippen molar-refractivity contribution in [1.29, 1.82) is 0 Å². The molecule has 0 aliphatic heterocycles. The number of carboxylic acid groups (broad SMARTS) is 1. The molecule has 0 bridgehead atoms. The number of hydrogen-bond acceptors (Lipinski definition) is 6. The molecule has 0 unspecified atom stereocenters. The van der Waals surface area contributed by atoms with Gasteiger partial charge in [-0.3, -0.25) is 19.2 Å². The van der Waals surface area contributed by atoms with Gasteiger partial charge < -0.3 is 20.2 Å². The van der Waals surface area contributed by atoms with Crippen LogP contribution in [0, 0.1) is 41.5 Å². The van der Waals surface area contributed by atoms with E-state index in [1.54, 1.807) is 43.3 Å². The highest BCUT2D eigenvalue weighted by molar-refractivity contribution is 8.14. The van der Waals surface area contributed by atoms with Crippen molar-refractivity contribution in [2.24, 2.45) is 0 Å². The molecule has 0 aliphatic rings. The van der Waals surface area contributed by atoms with Gasteiger partial charge in [-0.05, 0) is 75.9 Å². The highest BCUT2D eigenvalue weighted by Crippen LogP contribution is 2.29. The summed E-state index contributed by atoms with van der Waals surface area (Å²) in [4.78, 5) is 49.9. The summed E-state index contributed by atoms with van der Waals surface area (Å²) < 4.78 is 0. The Hall–Kier alpha value is -3.47. The average Bonchev–Trinajstić information content (AvgIpc) is 2.90. The van der Waals surface area contributed by atoms with E-state index in [0.29, 0.717) is 10.7 Å². The average molecular weight is 644 g/mol. The van der Waals surface area contributed by atoms with E-state index in [1.807, 2.05) is 65.8 Å². The van der Waals surface area contributed by atoms with E-state index < -0.39 is 5.97 Å². The Morgan fingerprint density at radius 1 is 0.721 bits per heavy atom. The highest BCUT2D eigenvalue weighted by atomic mass is 35.5. The molecule has 8 nitrogen and oxygen atoms in total. The van der Waals surface area contributed by atoms with E-state index in [-0.39, 0.29) is 27.9 Å². The van der Waals surface area contributed by atoms with Crippen LogP contribution in [0.4, 0.5) is 26.7 Å². The number of carboxylic acids is 1. The molecule has 0 spiro atoms. The quantitative estimate of drug-likeness (QED) is 0.267. The largest absolute Gasteiger partial charge is 0.481 e. The number of aryl methyl sites for hydroxylation is 6. The molecule has 0 aromatic heterocycles. The Morgan fingerprint density at radius 3 is 1.51 bits per heavy atom. The smallest absolute Gasteiger partial charge is 0.314 e. The number of amides is 3. The molecule has 3 amide bonds. The lowest BCUT2D eigenvalue weighted by Gasteiger charge is -2.22. The van der Waals surface area contributed by atoms with E-state index in [4.69, 9.17) is 16.7 Å². The minimum Gasteiger partial charge on any atom is -0.481 e. The zero-order valence-electron chi connectivity index (χ0n) is 25.7. The summed E-state index contributed by atoms with van der Waals surface area (Å²) in [7, 11) is 3.40. The van der Waals surface area contributed by atoms with Crippen LogP contribution < -0.4 is 15.1 Å². The van der Waals surface area contributed by atoms with Crippen molar-refractivity contribution in [3.05, 3.63) is 86.9 Å². The molecule has 0 saturated carbocycles. The lowest BCUT2D eigenvalue weighted by molar-refractivity contribution is -0.133. The third-order valence-corrected chi connectivity index (χ3v) is 8.45. The van der Waals surface area contributed by atoms with E-state index >= 15 is 0 Å². The number of nitrogens with zero attached hydrogens (tertiary/aromatic N) is 2. The molecular formula is C32H38ClN3O5S2. The molecule has 3 aromatic rings. The SMILES string of the molecule is Cc1cc(C)c(N(C)C(=O)SCC(=O)Nc2ccccc2Cl)c(C)c1.Cc1cc(C)c(N(C)C(=O)SCC(=O)O)c(C)c1. The summed E-state index contributed by atoms with van der Waals surface area (Å²) in [6.07, 6.45) is 0. The molecule has 0 fully saturated rings. The summed E-state index contributed by atoms with van der Waals surface area (Å²) in [5.74, 6) is -1.44. The first-order valence-electron chi connectivity index (χ1n) is 13.3. The van der Waals surface area contributed by atoms with Gasteiger partial charge in [0.25, 0.3) is 10.5 Å². The van der Waals surface area contributed by atoms with Gasteiger partial charge in [0.1, 0.15) is 5.75 Å². The Bertz CT molecular complexity index is 1470. The van der Waals surface area contributed by atoms with Gasteiger partial charge in [0.05, 0.1) is 16.5 Å². The predicted molar refractivity (Wildman–Crippen MR) is 182 cm³/mol. The van der Waals surface area contributed by atoms with Gasteiger partial charge in [-0.15, -0.1) is 0 Å². The number of aliphatic carboxylic acids is 1. The fraction of sp³-hybridized carbons (Fsp3) is 0.312. The molecule has 3 rings (SSSR count). The van der Waals surface area contributed by atoms with E-state index in [1.165, 1.54) is 4.90 Å². The first kappa shape index (κ1) is 35.7. The van der Waals surface area contributed by atoms with Crippen molar-refractivity contribution in [3.8, 4) is 0 Å². The number of halogens is 1. The number of thioether (sulfide) groups is 2. The van der Waals surface area contributed by atoms with Crippen molar-refractivity contribution in [2.75, 3.05) is 40.7 Å². The molecule has 0 aliphatic carbocycles. The third kappa shape index (κ3) is 10.6. The molecule has 3 aromatic carbocycles. The molecule has 230 valence electrons. The minimum absolute atomic E-state index is 0.0261. The van der Waals surface area contributed by atoms with Crippen LogP contribution in [0.2, 0.25) is 5.02 Å². The molecule has 0 saturated heterocycles. The van der Waals surface area contributed by atoms with Gasteiger partial charge in [0.2, 0.25) is 5.91 Å². The van der Waals surface area contributed by atoms with Crippen LogP contribution >= 0.6 is 35.1 Å². The normalized spacial score (nSPS) is 10.3. The number of carbonyl (C=O) groups is 4. The van der Waals surface area contributed by atoms with E-state index in [9.17, 15) is 19.2 Å². The summed E-state index contributed by atoms with van der Waals surface area (Å²) in [6.45, 7) is 11.9. The molecule has 0 heterocycles. The van der Waals surface area contributed by atoms with Crippen molar-refractivity contribution < 1.29 is 24.3 Å². The fourth-order valence-corrected chi connectivity index (χ4v) is 6.11. The van der Waals surface area contributed by atoms with Gasteiger partial charge in [0.15, 0.2) is 0 Å². The van der Waals surface area contributed by atoms with Crippen LogP contribution in [0.5, 0.6) is 0 Å². The van der Waals surface area contributed by atoms with Crippen LogP contribution in [0.25, 0.3) is 0 Å². The second-order valence-electron chi connectivity index (χ2n) is 10.1. The van der Waals surface area contributed by atoms with Gasteiger partial charge in [-0.2, -0.15) is 0 Å². The van der Waals surface area contributed by atoms with Crippen LogP contribution in [0.1, 0.15) is 33.4 Å². The summed E-state index contributed by atoms with van der Waals surface area (Å²) in [5.41, 5.74) is 8.68. The third-order valence-electron chi connectivity index (χ3n) is 6.28.